The van der Waals surface area contributed by atoms with Crippen LogP contribution in [0.5, 0.6) is 0 Å². The van der Waals surface area contributed by atoms with Gasteiger partial charge in [0.1, 0.15) is 0 Å². The summed E-state index contributed by atoms with van der Waals surface area (Å²) in [5.74, 6) is 0.719. The number of hydrogen-bond acceptors (Lipinski definition) is 3. The van der Waals surface area contributed by atoms with Crippen molar-refractivity contribution in [3.05, 3.63) is 35.5 Å². The maximum absolute atomic E-state index is 6.10. The van der Waals surface area contributed by atoms with Gasteiger partial charge >= 0.3 is 0 Å². The number of likely N-dealkylation sites (tertiary alicyclic amines) is 1. The molecule has 1 fully saturated rings. The average molecular weight is 290 g/mol. The third-order valence-corrected chi connectivity index (χ3v) is 4.24. The monoisotopic (exact) mass is 289 g/mol. The van der Waals surface area contributed by atoms with E-state index in [2.05, 4.69) is 22.2 Å². The fraction of sp³-hybridized carbons (Fsp3) is 0.438. The van der Waals surface area contributed by atoms with E-state index in [0.29, 0.717) is 0 Å². The highest BCUT2D eigenvalue weighted by atomic mass is 35.5. The summed E-state index contributed by atoms with van der Waals surface area (Å²) in [5, 5.41) is 5.44. The van der Waals surface area contributed by atoms with E-state index in [9.17, 15) is 0 Å². The first-order valence-corrected chi connectivity index (χ1v) is 7.57. The molecule has 20 heavy (non-hydrogen) atoms. The second-order valence-electron chi connectivity index (χ2n) is 5.67. The number of nitrogens with zero attached hydrogens (tertiary/aromatic N) is 2. The summed E-state index contributed by atoms with van der Waals surface area (Å²) < 4.78 is 0. The molecule has 0 aliphatic carbocycles. The molecule has 1 aliphatic rings. The number of piperidine rings is 1. The predicted molar refractivity (Wildman–Crippen MR) is 85.5 cm³/mol. The third-order valence-electron chi connectivity index (χ3n) is 4.01. The molecule has 2 heterocycles. The minimum absolute atomic E-state index is 0.719. The number of fused-ring (bicyclic) bond motifs is 1. The lowest BCUT2D eigenvalue weighted by Crippen LogP contribution is -2.35. The summed E-state index contributed by atoms with van der Waals surface area (Å²) >= 11 is 6.10. The molecule has 0 saturated carbocycles. The van der Waals surface area contributed by atoms with Gasteiger partial charge in [-0.1, -0.05) is 11.6 Å². The minimum Gasteiger partial charge on any atom is -0.384 e. The summed E-state index contributed by atoms with van der Waals surface area (Å²) in [7, 11) is 2.20. The van der Waals surface area contributed by atoms with Crippen LogP contribution in [0.25, 0.3) is 10.9 Å². The van der Waals surface area contributed by atoms with Gasteiger partial charge < -0.3 is 10.2 Å². The van der Waals surface area contributed by atoms with Crippen LogP contribution < -0.4 is 5.32 Å². The Kier molecular flexibility index (Phi) is 4.08. The van der Waals surface area contributed by atoms with Crippen molar-refractivity contribution in [2.75, 3.05) is 32.0 Å². The van der Waals surface area contributed by atoms with E-state index in [1.165, 1.54) is 25.9 Å². The van der Waals surface area contributed by atoms with Crippen molar-refractivity contribution in [3.8, 4) is 0 Å². The standard InChI is InChI=1S/C16H20ClN3/c1-20-8-2-3-12(11-20)10-19-16-6-7-18-15-5-4-13(17)9-14(15)16/h4-7,9,12H,2-3,8,10-11H2,1H3,(H,18,19). The minimum atomic E-state index is 0.719. The highest BCUT2D eigenvalue weighted by Gasteiger charge is 2.17. The normalized spacial score (nSPS) is 20.2. The molecule has 1 N–H and O–H groups in total. The van der Waals surface area contributed by atoms with Gasteiger partial charge in [0.05, 0.1) is 5.52 Å². The van der Waals surface area contributed by atoms with Gasteiger partial charge in [0.2, 0.25) is 0 Å². The molecule has 0 radical (unpaired) electrons. The molecule has 4 heteroatoms. The van der Waals surface area contributed by atoms with Crippen LogP contribution in [0, 0.1) is 5.92 Å². The smallest absolute Gasteiger partial charge is 0.0723 e. The van der Waals surface area contributed by atoms with E-state index >= 15 is 0 Å². The van der Waals surface area contributed by atoms with Gasteiger partial charge in [-0.2, -0.15) is 0 Å². The molecule has 1 unspecified atom stereocenters. The molecule has 3 rings (SSSR count). The zero-order valence-electron chi connectivity index (χ0n) is 11.8. The Morgan fingerprint density at radius 1 is 1.40 bits per heavy atom. The molecule has 1 atom stereocenters. The molecule has 1 aromatic heterocycles. The van der Waals surface area contributed by atoms with Crippen LogP contribution in [0.3, 0.4) is 0 Å². The van der Waals surface area contributed by atoms with Crippen LogP contribution in [0.2, 0.25) is 5.02 Å². The van der Waals surface area contributed by atoms with Gasteiger partial charge in [-0.3, -0.25) is 4.98 Å². The molecule has 0 amide bonds. The second kappa shape index (κ2) is 5.98. The van der Waals surface area contributed by atoms with E-state index in [1.807, 2.05) is 30.5 Å². The first-order chi connectivity index (χ1) is 9.72. The Balaban J connectivity index is 1.75. The number of benzene rings is 1. The van der Waals surface area contributed by atoms with Crippen LogP contribution in [-0.2, 0) is 0 Å². The Morgan fingerprint density at radius 2 is 2.30 bits per heavy atom. The molecule has 1 aliphatic heterocycles. The quantitative estimate of drug-likeness (QED) is 0.935. The zero-order chi connectivity index (χ0) is 13.9. The van der Waals surface area contributed by atoms with Crippen molar-refractivity contribution < 1.29 is 0 Å². The molecule has 0 bridgehead atoms. The van der Waals surface area contributed by atoms with E-state index in [1.54, 1.807) is 0 Å². The molecule has 1 aromatic carbocycles. The zero-order valence-corrected chi connectivity index (χ0v) is 12.5. The van der Waals surface area contributed by atoms with Crippen LogP contribution in [0.15, 0.2) is 30.5 Å². The van der Waals surface area contributed by atoms with Gasteiger partial charge in [0, 0.05) is 35.4 Å². The van der Waals surface area contributed by atoms with Crippen molar-refractivity contribution in [2.45, 2.75) is 12.8 Å². The Hall–Kier alpha value is -1.32. The number of hydrogen-bond donors (Lipinski definition) is 1. The lowest BCUT2D eigenvalue weighted by molar-refractivity contribution is 0.217. The molecule has 106 valence electrons. The molecule has 0 spiro atoms. The molecular weight excluding hydrogens is 270 g/mol. The van der Waals surface area contributed by atoms with Gasteiger partial charge in [0.15, 0.2) is 0 Å². The average Bonchev–Trinajstić information content (AvgIpc) is 2.45. The molecule has 3 nitrogen and oxygen atoms in total. The second-order valence-corrected chi connectivity index (χ2v) is 6.11. The van der Waals surface area contributed by atoms with Crippen LogP contribution in [-0.4, -0.2) is 36.6 Å². The fourth-order valence-corrected chi connectivity index (χ4v) is 3.14. The maximum Gasteiger partial charge on any atom is 0.0723 e. The first-order valence-electron chi connectivity index (χ1n) is 7.19. The van der Waals surface area contributed by atoms with E-state index in [0.717, 1.165) is 34.1 Å². The maximum atomic E-state index is 6.10. The summed E-state index contributed by atoms with van der Waals surface area (Å²) in [5.41, 5.74) is 2.12. The SMILES string of the molecule is CN1CCCC(CNc2ccnc3ccc(Cl)cc23)C1. The van der Waals surface area contributed by atoms with E-state index in [4.69, 9.17) is 11.6 Å². The van der Waals surface area contributed by atoms with E-state index in [-0.39, 0.29) is 0 Å². The Morgan fingerprint density at radius 3 is 3.15 bits per heavy atom. The van der Waals surface area contributed by atoms with Crippen molar-refractivity contribution >= 4 is 28.2 Å². The summed E-state index contributed by atoms with van der Waals surface area (Å²) in [4.78, 5) is 6.80. The summed E-state index contributed by atoms with van der Waals surface area (Å²) in [6, 6.07) is 7.87. The topological polar surface area (TPSA) is 28.2 Å². The highest BCUT2D eigenvalue weighted by molar-refractivity contribution is 6.31. The Labute approximate surface area is 124 Å². The fourth-order valence-electron chi connectivity index (χ4n) is 2.97. The van der Waals surface area contributed by atoms with Crippen molar-refractivity contribution in [1.82, 2.24) is 9.88 Å². The molecule has 2 aromatic rings. The van der Waals surface area contributed by atoms with Crippen LogP contribution in [0.1, 0.15) is 12.8 Å². The number of anilines is 1. The molecular formula is C16H20ClN3. The van der Waals surface area contributed by atoms with Gasteiger partial charge in [-0.25, -0.2) is 0 Å². The third kappa shape index (κ3) is 3.05. The van der Waals surface area contributed by atoms with Crippen LogP contribution >= 0.6 is 11.6 Å². The Bertz CT molecular complexity index is 599. The van der Waals surface area contributed by atoms with Gasteiger partial charge in [-0.15, -0.1) is 0 Å². The largest absolute Gasteiger partial charge is 0.384 e. The number of rotatable bonds is 3. The number of aromatic nitrogens is 1. The lowest BCUT2D eigenvalue weighted by atomic mass is 9.98. The van der Waals surface area contributed by atoms with Crippen molar-refractivity contribution in [1.29, 1.82) is 0 Å². The summed E-state index contributed by atoms with van der Waals surface area (Å²) in [6.45, 7) is 3.41. The highest BCUT2D eigenvalue weighted by Crippen LogP contribution is 2.25. The van der Waals surface area contributed by atoms with Gasteiger partial charge in [-0.05, 0) is 56.6 Å². The first kappa shape index (κ1) is 13.7. The molecule has 1 saturated heterocycles. The van der Waals surface area contributed by atoms with Crippen molar-refractivity contribution in [3.63, 3.8) is 0 Å². The predicted octanol–water partition coefficient (Wildman–Crippen LogP) is 3.64. The van der Waals surface area contributed by atoms with Gasteiger partial charge in [0.25, 0.3) is 0 Å². The van der Waals surface area contributed by atoms with E-state index < -0.39 is 0 Å². The van der Waals surface area contributed by atoms with Crippen molar-refractivity contribution in [2.24, 2.45) is 5.92 Å². The van der Waals surface area contributed by atoms with Crippen LogP contribution in [0.4, 0.5) is 5.69 Å². The number of pyridine rings is 1. The lowest BCUT2D eigenvalue weighted by Gasteiger charge is -2.30. The number of nitrogens with one attached hydrogen (secondary N) is 1. The summed E-state index contributed by atoms with van der Waals surface area (Å²) in [6.07, 6.45) is 4.46. The number of halogens is 1.